The van der Waals surface area contributed by atoms with Crippen LogP contribution in [-0.4, -0.2) is 34.4 Å². The van der Waals surface area contributed by atoms with E-state index in [0.29, 0.717) is 33.8 Å². The summed E-state index contributed by atoms with van der Waals surface area (Å²) in [6.45, 7) is 4.27. The second-order valence-corrected chi connectivity index (χ2v) is 7.61. The van der Waals surface area contributed by atoms with Crippen molar-refractivity contribution in [2.24, 2.45) is 0 Å². The molecule has 0 spiro atoms. The first-order valence-electron chi connectivity index (χ1n) is 9.10. The van der Waals surface area contributed by atoms with Gasteiger partial charge in [-0.3, -0.25) is 19.0 Å². The third kappa shape index (κ3) is 3.09. The zero-order valence-corrected chi connectivity index (χ0v) is 16.4. The highest BCUT2D eigenvalue weighted by Gasteiger charge is 2.25. The van der Waals surface area contributed by atoms with Gasteiger partial charge in [0.2, 0.25) is 0 Å². The summed E-state index contributed by atoms with van der Waals surface area (Å²) >= 11 is 1.49. The molecule has 0 N–H and O–H groups in total. The Morgan fingerprint density at radius 2 is 2.07 bits per heavy atom. The predicted molar refractivity (Wildman–Crippen MR) is 108 cm³/mol. The number of carbonyl (C=O) groups excluding carboxylic acids is 2. The van der Waals surface area contributed by atoms with Crippen LogP contribution in [0.2, 0.25) is 0 Å². The normalized spacial score (nSPS) is 13.5. The van der Waals surface area contributed by atoms with Crippen molar-refractivity contribution in [2.45, 2.75) is 26.8 Å². The lowest BCUT2D eigenvalue weighted by atomic mass is 10.1. The largest absolute Gasteiger partial charge is 0.482 e. The first-order chi connectivity index (χ1) is 13.5. The molecule has 144 valence electrons. The molecule has 0 saturated carbocycles. The second kappa shape index (κ2) is 7.20. The number of Topliss-reactive ketones (excluding diaryl/α,β-unsaturated/α-hetero) is 1. The summed E-state index contributed by atoms with van der Waals surface area (Å²) < 4.78 is 6.76. The number of ketones is 1. The fraction of sp³-hybridized carbons (Fsp3) is 0.300. The number of rotatable bonds is 5. The van der Waals surface area contributed by atoms with Gasteiger partial charge in [0.1, 0.15) is 10.6 Å². The topological polar surface area (TPSA) is 81.5 Å². The first kappa shape index (κ1) is 18.4. The SMILES string of the molecule is CCc1cc2c(=O)n(CC(=O)c3ccc4c(c3)N(CC)C(=O)CO4)cnc2s1. The number of benzene rings is 1. The highest BCUT2D eigenvalue weighted by molar-refractivity contribution is 7.18. The minimum atomic E-state index is -0.230. The average Bonchev–Trinajstić information content (AvgIpc) is 3.14. The van der Waals surface area contributed by atoms with Crippen LogP contribution in [0.4, 0.5) is 5.69 Å². The van der Waals surface area contributed by atoms with Crippen LogP contribution in [0, 0.1) is 0 Å². The minimum absolute atomic E-state index is 0.00437. The van der Waals surface area contributed by atoms with E-state index in [9.17, 15) is 14.4 Å². The summed E-state index contributed by atoms with van der Waals surface area (Å²) in [5.41, 5.74) is 0.777. The van der Waals surface area contributed by atoms with Crippen molar-refractivity contribution in [2.75, 3.05) is 18.1 Å². The van der Waals surface area contributed by atoms with E-state index < -0.39 is 0 Å². The molecule has 1 aromatic carbocycles. The molecular weight excluding hydrogens is 378 g/mol. The van der Waals surface area contributed by atoms with Gasteiger partial charge in [-0.2, -0.15) is 0 Å². The van der Waals surface area contributed by atoms with Crippen molar-refractivity contribution in [3.63, 3.8) is 0 Å². The van der Waals surface area contributed by atoms with Crippen LogP contribution >= 0.6 is 11.3 Å². The molecule has 1 aliphatic heterocycles. The molecule has 0 fully saturated rings. The van der Waals surface area contributed by atoms with Crippen LogP contribution in [0.25, 0.3) is 10.2 Å². The molecule has 8 heteroatoms. The van der Waals surface area contributed by atoms with E-state index in [1.807, 2.05) is 19.9 Å². The molecular formula is C20H19N3O4S. The highest BCUT2D eigenvalue weighted by atomic mass is 32.1. The molecule has 4 rings (SSSR count). The van der Waals surface area contributed by atoms with Crippen molar-refractivity contribution in [3.05, 3.63) is 51.4 Å². The molecule has 0 radical (unpaired) electrons. The van der Waals surface area contributed by atoms with Crippen LogP contribution in [0.15, 0.2) is 35.4 Å². The Hall–Kier alpha value is -3.00. The number of anilines is 1. The van der Waals surface area contributed by atoms with Crippen molar-refractivity contribution in [3.8, 4) is 5.75 Å². The van der Waals surface area contributed by atoms with Crippen molar-refractivity contribution in [1.29, 1.82) is 0 Å². The summed E-state index contributed by atoms with van der Waals surface area (Å²) in [6, 6.07) is 6.84. The lowest BCUT2D eigenvalue weighted by Crippen LogP contribution is -2.38. The predicted octanol–water partition coefficient (Wildman–Crippen LogP) is 2.65. The fourth-order valence-electron chi connectivity index (χ4n) is 3.26. The van der Waals surface area contributed by atoms with Gasteiger partial charge < -0.3 is 9.64 Å². The number of aryl methyl sites for hydroxylation is 1. The molecule has 28 heavy (non-hydrogen) atoms. The monoisotopic (exact) mass is 397 g/mol. The van der Waals surface area contributed by atoms with Crippen molar-refractivity contribution in [1.82, 2.24) is 9.55 Å². The number of aromatic nitrogens is 2. The molecule has 2 aromatic heterocycles. The van der Waals surface area contributed by atoms with Gasteiger partial charge in [-0.1, -0.05) is 6.92 Å². The molecule has 7 nitrogen and oxygen atoms in total. The highest BCUT2D eigenvalue weighted by Crippen LogP contribution is 2.33. The van der Waals surface area contributed by atoms with Crippen molar-refractivity contribution < 1.29 is 14.3 Å². The molecule has 3 heterocycles. The van der Waals surface area contributed by atoms with Gasteiger partial charge in [-0.15, -0.1) is 11.3 Å². The minimum Gasteiger partial charge on any atom is -0.482 e. The number of hydrogen-bond acceptors (Lipinski definition) is 6. The number of thiophene rings is 1. The van der Waals surface area contributed by atoms with E-state index in [-0.39, 0.29) is 30.4 Å². The average molecular weight is 397 g/mol. The molecule has 0 aliphatic carbocycles. The second-order valence-electron chi connectivity index (χ2n) is 6.50. The Labute approximate surface area is 165 Å². The quantitative estimate of drug-likeness (QED) is 0.618. The van der Waals surface area contributed by atoms with Gasteiger partial charge in [-0.05, 0) is 37.6 Å². The Morgan fingerprint density at radius 3 is 2.82 bits per heavy atom. The van der Waals surface area contributed by atoms with E-state index in [2.05, 4.69) is 4.98 Å². The fourth-order valence-corrected chi connectivity index (χ4v) is 4.19. The number of hydrogen-bond donors (Lipinski definition) is 0. The zero-order valence-electron chi connectivity index (χ0n) is 15.6. The molecule has 1 amide bonds. The maximum Gasteiger partial charge on any atom is 0.265 e. The smallest absolute Gasteiger partial charge is 0.265 e. The van der Waals surface area contributed by atoms with Crippen LogP contribution < -0.4 is 15.2 Å². The van der Waals surface area contributed by atoms with Crippen LogP contribution in [0.5, 0.6) is 5.75 Å². The molecule has 1 aliphatic rings. The summed E-state index contributed by atoms with van der Waals surface area (Å²) in [7, 11) is 0. The van der Waals surface area contributed by atoms with E-state index in [0.717, 1.165) is 11.3 Å². The summed E-state index contributed by atoms with van der Waals surface area (Å²) in [5.74, 6) is 0.198. The van der Waals surface area contributed by atoms with E-state index in [1.54, 1.807) is 23.1 Å². The van der Waals surface area contributed by atoms with Crippen molar-refractivity contribution >= 4 is 38.9 Å². The number of nitrogens with zero attached hydrogens (tertiary/aromatic N) is 3. The molecule has 0 unspecified atom stereocenters. The van der Waals surface area contributed by atoms with Crippen LogP contribution in [0.1, 0.15) is 29.1 Å². The van der Waals surface area contributed by atoms with E-state index in [1.165, 1.54) is 22.2 Å². The first-order valence-corrected chi connectivity index (χ1v) is 9.91. The Balaban J connectivity index is 1.65. The van der Waals surface area contributed by atoms with Crippen LogP contribution in [-0.2, 0) is 17.8 Å². The maximum absolute atomic E-state index is 12.8. The number of amides is 1. The van der Waals surface area contributed by atoms with Gasteiger partial charge >= 0.3 is 0 Å². The third-order valence-electron chi connectivity index (χ3n) is 4.77. The van der Waals surface area contributed by atoms with E-state index in [4.69, 9.17) is 4.74 Å². The third-order valence-corrected chi connectivity index (χ3v) is 5.96. The summed E-state index contributed by atoms with van der Waals surface area (Å²) in [4.78, 5) is 45.2. The number of likely N-dealkylation sites (N-methyl/N-ethyl adjacent to an activating group) is 1. The Bertz CT molecular complexity index is 1150. The van der Waals surface area contributed by atoms with Gasteiger partial charge in [-0.25, -0.2) is 4.98 Å². The Morgan fingerprint density at radius 1 is 1.25 bits per heavy atom. The zero-order chi connectivity index (χ0) is 19.8. The van der Waals surface area contributed by atoms with Gasteiger partial charge in [0.25, 0.3) is 11.5 Å². The Kier molecular flexibility index (Phi) is 4.72. The molecule has 0 saturated heterocycles. The summed E-state index contributed by atoms with van der Waals surface area (Å²) in [5, 5.41) is 0.541. The molecule has 0 atom stereocenters. The number of carbonyl (C=O) groups is 2. The molecule has 0 bridgehead atoms. The number of fused-ring (bicyclic) bond motifs is 2. The van der Waals surface area contributed by atoms with Crippen LogP contribution in [0.3, 0.4) is 0 Å². The lowest BCUT2D eigenvalue weighted by molar-refractivity contribution is -0.121. The maximum atomic E-state index is 12.8. The molecule has 3 aromatic rings. The van der Waals surface area contributed by atoms with Gasteiger partial charge in [0.15, 0.2) is 12.4 Å². The number of ether oxygens (including phenoxy) is 1. The van der Waals surface area contributed by atoms with E-state index >= 15 is 0 Å². The van der Waals surface area contributed by atoms with Gasteiger partial charge in [0, 0.05) is 17.0 Å². The lowest BCUT2D eigenvalue weighted by Gasteiger charge is -2.28. The summed E-state index contributed by atoms with van der Waals surface area (Å²) in [6.07, 6.45) is 2.26. The van der Waals surface area contributed by atoms with Gasteiger partial charge in [0.05, 0.1) is 23.9 Å². The standard InChI is InChI=1S/C20H19N3O4S/c1-3-13-8-14-19(28-13)21-11-22(20(14)26)9-16(24)12-5-6-17-15(7-12)23(4-2)18(25)10-27-17/h5-8,11H,3-4,9-10H2,1-2H3.